The standard InChI is InChI=1S/C15H14N2O4/c16-14(17)10-6-9-3-4-11(7-13(9)20-8-10)21-15(18)12-2-1-5-19-12/h1-5,7,10H,6,8H2,(H3,16,17). The molecule has 1 aliphatic heterocycles. The minimum absolute atomic E-state index is 0.103. The molecular formula is C15H14N2O4. The molecule has 0 saturated carbocycles. The number of hydrogen-bond acceptors (Lipinski definition) is 5. The van der Waals surface area contributed by atoms with E-state index in [-0.39, 0.29) is 17.5 Å². The highest BCUT2D eigenvalue weighted by atomic mass is 16.5. The third kappa shape index (κ3) is 2.74. The SMILES string of the molecule is N=C(N)C1COc2cc(OC(=O)c3ccco3)ccc2C1. The molecule has 0 saturated heterocycles. The molecule has 1 aliphatic rings. The van der Waals surface area contributed by atoms with Crippen molar-refractivity contribution in [3.63, 3.8) is 0 Å². The van der Waals surface area contributed by atoms with E-state index in [4.69, 9.17) is 25.0 Å². The van der Waals surface area contributed by atoms with Gasteiger partial charge in [0.05, 0.1) is 24.6 Å². The largest absolute Gasteiger partial charge is 0.492 e. The van der Waals surface area contributed by atoms with Gasteiger partial charge >= 0.3 is 5.97 Å². The Morgan fingerprint density at radius 3 is 2.95 bits per heavy atom. The lowest BCUT2D eigenvalue weighted by atomic mass is 9.96. The second-order valence-corrected chi connectivity index (χ2v) is 4.80. The van der Waals surface area contributed by atoms with Gasteiger partial charge in [-0.15, -0.1) is 0 Å². The minimum Gasteiger partial charge on any atom is -0.492 e. The van der Waals surface area contributed by atoms with Crippen LogP contribution in [0.4, 0.5) is 0 Å². The van der Waals surface area contributed by atoms with Crippen molar-refractivity contribution < 1.29 is 18.7 Å². The Kier molecular flexibility index (Phi) is 3.35. The Hall–Kier alpha value is -2.76. The second-order valence-electron chi connectivity index (χ2n) is 4.80. The topological polar surface area (TPSA) is 98.5 Å². The molecule has 0 radical (unpaired) electrons. The zero-order chi connectivity index (χ0) is 14.8. The van der Waals surface area contributed by atoms with Crippen molar-refractivity contribution in [2.24, 2.45) is 11.7 Å². The zero-order valence-electron chi connectivity index (χ0n) is 11.2. The van der Waals surface area contributed by atoms with Gasteiger partial charge in [-0.05, 0) is 30.2 Å². The number of esters is 1. The molecule has 3 N–H and O–H groups in total. The van der Waals surface area contributed by atoms with E-state index in [0.29, 0.717) is 24.5 Å². The first-order valence-electron chi connectivity index (χ1n) is 6.49. The fraction of sp³-hybridized carbons (Fsp3) is 0.200. The van der Waals surface area contributed by atoms with Crippen LogP contribution < -0.4 is 15.2 Å². The van der Waals surface area contributed by atoms with Gasteiger partial charge in [0.1, 0.15) is 11.5 Å². The Labute approximate surface area is 121 Å². The lowest BCUT2D eigenvalue weighted by Crippen LogP contribution is -2.32. The molecule has 21 heavy (non-hydrogen) atoms. The van der Waals surface area contributed by atoms with Crippen molar-refractivity contribution in [1.82, 2.24) is 0 Å². The predicted octanol–water partition coefficient (Wildman–Crippen LogP) is 1.99. The van der Waals surface area contributed by atoms with E-state index >= 15 is 0 Å². The highest BCUT2D eigenvalue weighted by Crippen LogP contribution is 2.31. The Balaban J connectivity index is 1.75. The molecule has 1 atom stereocenters. The van der Waals surface area contributed by atoms with Gasteiger partial charge in [-0.1, -0.05) is 6.07 Å². The molecule has 0 fully saturated rings. The summed E-state index contributed by atoms with van der Waals surface area (Å²) < 4.78 is 15.8. The van der Waals surface area contributed by atoms with Crippen molar-refractivity contribution in [1.29, 1.82) is 5.41 Å². The number of hydrogen-bond donors (Lipinski definition) is 2. The van der Waals surface area contributed by atoms with E-state index in [2.05, 4.69) is 0 Å². The first-order chi connectivity index (χ1) is 10.1. The van der Waals surface area contributed by atoms with Gasteiger partial charge in [-0.25, -0.2) is 4.79 Å². The lowest BCUT2D eigenvalue weighted by Gasteiger charge is -2.24. The van der Waals surface area contributed by atoms with Gasteiger partial charge < -0.3 is 19.6 Å². The summed E-state index contributed by atoms with van der Waals surface area (Å²) in [6.45, 7) is 0.359. The van der Waals surface area contributed by atoms with E-state index in [1.807, 2.05) is 6.07 Å². The van der Waals surface area contributed by atoms with E-state index in [0.717, 1.165) is 5.56 Å². The molecule has 0 bridgehead atoms. The van der Waals surface area contributed by atoms with Crippen LogP contribution in [0.5, 0.6) is 11.5 Å². The number of carbonyl (C=O) groups is 1. The number of ether oxygens (including phenoxy) is 2. The quantitative estimate of drug-likeness (QED) is 0.389. The van der Waals surface area contributed by atoms with Gasteiger partial charge in [0.2, 0.25) is 5.76 Å². The van der Waals surface area contributed by atoms with E-state index in [1.54, 1.807) is 18.2 Å². The van der Waals surface area contributed by atoms with Crippen molar-refractivity contribution in [3.8, 4) is 11.5 Å². The number of furan rings is 1. The summed E-state index contributed by atoms with van der Waals surface area (Å²) >= 11 is 0. The first kappa shape index (κ1) is 13.2. The zero-order valence-corrected chi connectivity index (χ0v) is 11.2. The number of rotatable bonds is 3. The van der Waals surface area contributed by atoms with Crippen LogP contribution in [0.1, 0.15) is 16.1 Å². The third-order valence-corrected chi connectivity index (χ3v) is 3.32. The number of benzene rings is 1. The summed E-state index contributed by atoms with van der Waals surface area (Å²) in [4.78, 5) is 11.8. The van der Waals surface area contributed by atoms with Gasteiger partial charge in [-0.3, -0.25) is 5.41 Å². The van der Waals surface area contributed by atoms with Crippen LogP contribution in [0.15, 0.2) is 41.0 Å². The molecule has 1 aromatic heterocycles. The maximum absolute atomic E-state index is 11.8. The van der Waals surface area contributed by atoms with Crippen LogP contribution in [-0.4, -0.2) is 18.4 Å². The summed E-state index contributed by atoms with van der Waals surface area (Å²) in [6, 6.07) is 8.32. The molecule has 2 heterocycles. The predicted molar refractivity (Wildman–Crippen MR) is 74.7 cm³/mol. The molecule has 1 unspecified atom stereocenters. The van der Waals surface area contributed by atoms with Gasteiger partial charge in [-0.2, -0.15) is 0 Å². The van der Waals surface area contributed by atoms with E-state index < -0.39 is 5.97 Å². The highest BCUT2D eigenvalue weighted by molar-refractivity contribution is 5.88. The van der Waals surface area contributed by atoms with Crippen molar-refractivity contribution in [3.05, 3.63) is 47.9 Å². The van der Waals surface area contributed by atoms with Gasteiger partial charge in [0, 0.05) is 6.07 Å². The molecule has 1 aromatic carbocycles. The minimum atomic E-state index is -0.558. The summed E-state index contributed by atoms with van der Waals surface area (Å²) in [5.41, 5.74) is 6.44. The molecule has 3 rings (SSSR count). The number of nitrogens with two attached hydrogens (primary N) is 1. The summed E-state index contributed by atoms with van der Waals surface area (Å²) in [5, 5.41) is 7.46. The number of fused-ring (bicyclic) bond motifs is 1. The molecule has 0 aliphatic carbocycles. The Morgan fingerprint density at radius 2 is 2.24 bits per heavy atom. The Bertz CT molecular complexity index is 679. The van der Waals surface area contributed by atoms with Crippen molar-refractivity contribution in [2.75, 3.05) is 6.61 Å². The molecular weight excluding hydrogens is 272 g/mol. The van der Waals surface area contributed by atoms with Crippen molar-refractivity contribution in [2.45, 2.75) is 6.42 Å². The normalized spacial score (nSPS) is 16.7. The second kappa shape index (κ2) is 5.32. The molecule has 6 nitrogen and oxygen atoms in total. The smallest absolute Gasteiger partial charge is 0.379 e. The molecule has 6 heteroatoms. The maximum Gasteiger partial charge on any atom is 0.379 e. The van der Waals surface area contributed by atoms with Gasteiger partial charge in [0.25, 0.3) is 0 Å². The van der Waals surface area contributed by atoms with Crippen LogP contribution in [-0.2, 0) is 6.42 Å². The first-order valence-corrected chi connectivity index (χ1v) is 6.49. The van der Waals surface area contributed by atoms with E-state index in [9.17, 15) is 4.79 Å². The molecule has 108 valence electrons. The van der Waals surface area contributed by atoms with Crippen LogP contribution in [0.3, 0.4) is 0 Å². The molecule has 0 amide bonds. The number of carbonyl (C=O) groups excluding carboxylic acids is 1. The summed E-state index contributed by atoms with van der Waals surface area (Å²) in [7, 11) is 0. The lowest BCUT2D eigenvalue weighted by molar-refractivity contribution is 0.0701. The Morgan fingerprint density at radius 1 is 1.38 bits per heavy atom. The fourth-order valence-corrected chi connectivity index (χ4v) is 2.17. The van der Waals surface area contributed by atoms with Crippen LogP contribution >= 0.6 is 0 Å². The highest BCUT2D eigenvalue weighted by Gasteiger charge is 2.23. The monoisotopic (exact) mass is 286 g/mol. The molecule has 0 spiro atoms. The van der Waals surface area contributed by atoms with E-state index in [1.165, 1.54) is 12.3 Å². The van der Waals surface area contributed by atoms with Crippen LogP contribution in [0, 0.1) is 11.3 Å². The van der Waals surface area contributed by atoms with Crippen molar-refractivity contribution >= 4 is 11.8 Å². The van der Waals surface area contributed by atoms with Crippen LogP contribution in [0.2, 0.25) is 0 Å². The van der Waals surface area contributed by atoms with Gasteiger partial charge in [0.15, 0.2) is 0 Å². The summed E-state index contributed by atoms with van der Waals surface area (Å²) in [5.74, 6) is 0.638. The summed E-state index contributed by atoms with van der Waals surface area (Å²) in [6.07, 6.45) is 2.06. The number of nitrogens with one attached hydrogen (secondary N) is 1. The maximum atomic E-state index is 11.8. The molecule has 2 aromatic rings. The average Bonchev–Trinajstić information content (AvgIpc) is 3.01. The fourth-order valence-electron chi connectivity index (χ4n) is 2.17. The van der Waals surface area contributed by atoms with Crippen LogP contribution in [0.25, 0.3) is 0 Å². The average molecular weight is 286 g/mol. The third-order valence-electron chi connectivity index (χ3n) is 3.32. The number of amidine groups is 1.